The van der Waals surface area contributed by atoms with Gasteiger partial charge in [0.25, 0.3) is 0 Å². The minimum absolute atomic E-state index is 0.0413. The summed E-state index contributed by atoms with van der Waals surface area (Å²) in [5.41, 5.74) is 1.02. The van der Waals surface area contributed by atoms with E-state index in [4.69, 9.17) is 9.15 Å². The first-order chi connectivity index (χ1) is 9.83. The maximum atomic E-state index is 5.80. The Morgan fingerprint density at radius 2 is 2.05 bits per heavy atom. The monoisotopic (exact) mass is 288 g/mol. The van der Waals surface area contributed by atoms with E-state index in [-0.39, 0.29) is 11.6 Å². The van der Waals surface area contributed by atoms with Crippen molar-refractivity contribution in [2.24, 2.45) is 0 Å². The van der Waals surface area contributed by atoms with Crippen LogP contribution in [0.15, 0.2) is 34.9 Å². The van der Waals surface area contributed by atoms with Gasteiger partial charge in [0.05, 0.1) is 18.8 Å². The van der Waals surface area contributed by atoms with Crippen LogP contribution in [0.5, 0.6) is 5.75 Å². The molecular weight excluding hydrogens is 264 g/mol. The highest BCUT2D eigenvalue weighted by Gasteiger charge is 2.12. The summed E-state index contributed by atoms with van der Waals surface area (Å²) in [5, 5.41) is 3.36. The number of oxazole rings is 1. The fraction of sp³-hybridized carbons (Fsp3) is 0.471. The number of ether oxygens (including phenoxy) is 1. The van der Waals surface area contributed by atoms with Crippen LogP contribution in [0, 0.1) is 0 Å². The number of hydrogen-bond donors (Lipinski definition) is 1. The second-order valence-corrected chi connectivity index (χ2v) is 6.42. The van der Waals surface area contributed by atoms with Gasteiger partial charge in [-0.05, 0) is 46.8 Å². The van der Waals surface area contributed by atoms with E-state index >= 15 is 0 Å². The zero-order valence-electron chi connectivity index (χ0n) is 13.4. The first-order valence-corrected chi connectivity index (χ1v) is 7.30. The van der Waals surface area contributed by atoms with Gasteiger partial charge in [-0.25, -0.2) is 4.98 Å². The Labute approximate surface area is 126 Å². The summed E-state index contributed by atoms with van der Waals surface area (Å²) in [6.07, 6.45) is 1.91. The van der Waals surface area contributed by atoms with Crippen molar-refractivity contribution < 1.29 is 9.15 Å². The Morgan fingerprint density at radius 1 is 1.29 bits per heavy atom. The summed E-state index contributed by atoms with van der Waals surface area (Å²) in [7, 11) is 0. The fourth-order valence-corrected chi connectivity index (χ4v) is 1.86. The van der Waals surface area contributed by atoms with Crippen LogP contribution in [0.25, 0.3) is 11.3 Å². The third-order valence-electron chi connectivity index (χ3n) is 2.81. The molecule has 0 unspecified atom stereocenters. The normalized spacial score (nSPS) is 11.9. The molecule has 0 amide bonds. The maximum absolute atomic E-state index is 5.80. The second kappa shape index (κ2) is 6.31. The lowest BCUT2D eigenvalue weighted by Gasteiger charge is -2.18. The molecule has 114 valence electrons. The number of nitrogens with zero attached hydrogens (tertiary/aromatic N) is 1. The Kier molecular flexibility index (Phi) is 4.68. The molecule has 1 N–H and O–H groups in total. The zero-order valence-corrected chi connectivity index (χ0v) is 13.4. The van der Waals surface area contributed by atoms with Gasteiger partial charge < -0.3 is 14.5 Å². The molecule has 4 heteroatoms. The van der Waals surface area contributed by atoms with E-state index in [9.17, 15) is 0 Å². The van der Waals surface area contributed by atoms with Crippen molar-refractivity contribution in [3.63, 3.8) is 0 Å². The smallest absolute Gasteiger partial charge is 0.208 e. The number of benzene rings is 1. The van der Waals surface area contributed by atoms with Crippen LogP contribution >= 0.6 is 0 Å². The molecule has 0 bridgehead atoms. The predicted octanol–water partition coefficient (Wildman–Crippen LogP) is 4.02. The highest BCUT2D eigenvalue weighted by atomic mass is 16.5. The summed E-state index contributed by atoms with van der Waals surface area (Å²) in [5.74, 6) is 2.29. The van der Waals surface area contributed by atoms with Crippen LogP contribution in [0.4, 0.5) is 0 Å². The van der Waals surface area contributed by atoms with Gasteiger partial charge in [0.2, 0.25) is 5.89 Å². The summed E-state index contributed by atoms with van der Waals surface area (Å²) >= 11 is 0. The molecule has 21 heavy (non-hydrogen) atoms. The van der Waals surface area contributed by atoms with E-state index in [1.165, 1.54) is 0 Å². The van der Waals surface area contributed by atoms with Crippen LogP contribution in [-0.2, 0) is 6.54 Å². The number of hydrogen-bond acceptors (Lipinski definition) is 4. The van der Waals surface area contributed by atoms with Crippen LogP contribution in [0.3, 0.4) is 0 Å². The minimum Gasteiger partial charge on any atom is -0.491 e. The molecule has 0 fully saturated rings. The molecule has 0 radical (unpaired) electrons. The molecule has 0 saturated heterocycles. The highest BCUT2D eigenvalue weighted by molar-refractivity contribution is 5.58. The lowest BCUT2D eigenvalue weighted by molar-refractivity contribution is 0.242. The molecule has 0 aliphatic carbocycles. The molecule has 0 saturated carbocycles. The van der Waals surface area contributed by atoms with Gasteiger partial charge in [0.1, 0.15) is 5.75 Å². The van der Waals surface area contributed by atoms with Crippen molar-refractivity contribution in [1.82, 2.24) is 10.3 Å². The van der Waals surface area contributed by atoms with E-state index in [1.54, 1.807) is 6.20 Å². The third-order valence-corrected chi connectivity index (χ3v) is 2.81. The van der Waals surface area contributed by atoms with Gasteiger partial charge in [0, 0.05) is 11.1 Å². The summed E-state index contributed by atoms with van der Waals surface area (Å²) in [4.78, 5) is 4.32. The van der Waals surface area contributed by atoms with Gasteiger partial charge in [-0.2, -0.15) is 0 Å². The third kappa shape index (κ3) is 4.90. The standard InChI is InChI=1S/C17H24N2O2/c1-12(2)20-14-8-6-7-13(9-14)15-10-18-16(21-15)11-19-17(3,4)5/h6-10,12,19H,11H2,1-5H3. The average molecular weight is 288 g/mol. The van der Waals surface area contributed by atoms with Gasteiger partial charge in [0.15, 0.2) is 5.76 Å². The molecule has 0 aliphatic rings. The van der Waals surface area contributed by atoms with Crippen LogP contribution < -0.4 is 10.1 Å². The van der Waals surface area contributed by atoms with Gasteiger partial charge >= 0.3 is 0 Å². The quantitative estimate of drug-likeness (QED) is 0.902. The number of nitrogens with one attached hydrogen (secondary N) is 1. The Bertz CT molecular complexity index is 582. The molecule has 1 aromatic heterocycles. The summed E-state index contributed by atoms with van der Waals surface area (Å²) < 4.78 is 11.5. The van der Waals surface area contributed by atoms with Crippen LogP contribution in [0.1, 0.15) is 40.5 Å². The summed E-state index contributed by atoms with van der Waals surface area (Å²) in [6.45, 7) is 11.0. The van der Waals surface area contributed by atoms with Crippen molar-refractivity contribution in [3.05, 3.63) is 36.4 Å². The van der Waals surface area contributed by atoms with E-state index < -0.39 is 0 Å². The van der Waals surface area contributed by atoms with Crippen molar-refractivity contribution in [2.45, 2.75) is 52.8 Å². The minimum atomic E-state index is 0.0413. The Morgan fingerprint density at radius 3 is 2.71 bits per heavy atom. The SMILES string of the molecule is CC(C)Oc1cccc(-c2cnc(CNC(C)(C)C)o2)c1. The van der Waals surface area contributed by atoms with Crippen LogP contribution in [-0.4, -0.2) is 16.6 Å². The first kappa shape index (κ1) is 15.6. The largest absolute Gasteiger partial charge is 0.491 e. The zero-order chi connectivity index (χ0) is 15.5. The lowest BCUT2D eigenvalue weighted by Crippen LogP contribution is -2.35. The molecule has 1 aromatic carbocycles. The molecule has 4 nitrogen and oxygen atoms in total. The van der Waals surface area contributed by atoms with Gasteiger partial charge in [-0.15, -0.1) is 0 Å². The Hall–Kier alpha value is -1.81. The highest BCUT2D eigenvalue weighted by Crippen LogP contribution is 2.25. The van der Waals surface area contributed by atoms with E-state index in [0.717, 1.165) is 17.1 Å². The molecule has 2 rings (SSSR count). The second-order valence-electron chi connectivity index (χ2n) is 6.42. The van der Waals surface area contributed by atoms with E-state index in [0.29, 0.717) is 12.4 Å². The van der Waals surface area contributed by atoms with E-state index in [1.807, 2.05) is 38.1 Å². The number of aromatic nitrogens is 1. The first-order valence-electron chi connectivity index (χ1n) is 7.30. The van der Waals surface area contributed by atoms with Gasteiger partial charge in [-0.3, -0.25) is 0 Å². The van der Waals surface area contributed by atoms with Crippen molar-refractivity contribution in [1.29, 1.82) is 0 Å². The number of rotatable bonds is 5. The van der Waals surface area contributed by atoms with Crippen molar-refractivity contribution >= 4 is 0 Å². The molecular formula is C17H24N2O2. The van der Waals surface area contributed by atoms with Gasteiger partial charge in [-0.1, -0.05) is 12.1 Å². The summed E-state index contributed by atoms with van der Waals surface area (Å²) in [6, 6.07) is 7.88. The average Bonchev–Trinajstić information content (AvgIpc) is 2.84. The molecule has 2 aromatic rings. The molecule has 0 aliphatic heterocycles. The lowest BCUT2D eigenvalue weighted by atomic mass is 10.1. The molecule has 0 atom stereocenters. The van der Waals surface area contributed by atoms with Crippen molar-refractivity contribution in [2.75, 3.05) is 0 Å². The fourth-order valence-electron chi connectivity index (χ4n) is 1.86. The maximum Gasteiger partial charge on any atom is 0.208 e. The molecule has 1 heterocycles. The topological polar surface area (TPSA) is 47.3 Å². The predicted molar refractivity (Wildman–Crippen MR) is 84.3 cm³/mol. The van der Waals surface area contributed by atoms with Crippen LogP contribution in [0.2, 0.25) is 0 Å². The molecule has 0 spiro atoms. The Balaban J connectivity index is 2.10. The van der Waals surface area contributed by atoms with E-state index in [2.05, 4.69) is 31.1 Å². The van der Waals surface area contributed by atoms with Crippen molar-refractivity contribution in [3.8, 4) is 17.1 Å².